The third kappa shape index (κ3) is 4.24. The molecule has 1 atom stereocenters. The highest BCUT2D eigenvalue weighted by atomic mass is 19.4. The first-order valence-electron chi connectivity index (χ1n) is 5.94. The van der Waals surface area contributed by atoms with Gasteiger partial charge < -0.3 is 10.5 Å². The number of hydrogen-bond acceptors (Lipinski definition) is 3. The summed E-state index contributed by atoms with van der Waals surface area (Å²) in [5.74, 6) is -0.267. The molecule has 0 aliphatic heterocycles. The lowest BCUT2D eigenvalue weighted by atomic mass is 10.0. The van der Waals surface area contributed by atoms with Crippen molar-refractivity contribution in [2.24, 2.45) is 5.73 Å². The lowest BCUT2D eigenvalue weighted by molar-refractivity contribution is -0.274. The van der Waals surface area contributed by atoms with Crippen LogP contribution >= 0.6 is 0 Å². The Morgan fingerprint density at radius 1 is 1.20 bits per heavy atom. The molecule has 0 fully saturated rings. The Morgan fingerprint density at radius 2 is 2.00 bits per heavy atom. The van der Waals surface area contributed by atoms with Crippen LogP contribution in [0, 0.1) is 0 Å². The number of hydrogen-bond donors (Lipinski definition) is 1. The molecular weight excluding hydrogens is 269 g/mol. The lowest BCUT2D eigenvalue weighted by Crippen LogP contribution is -2.18. The minimum Gasteiger partial charge on any atom is -0.406 e. The maximum absolute atomic E-state index is 12.2. The molecular formula is C14H13F3N2O. The molecule has 0 aliphatic carbocycles. The molecule has 106 valence electrons. The summed E-state index contributed by atoms with van der Waals surface area (Å²) in [6.07, 6.45) is -0.891. The summed E-state index contributed by atoms with van der Waals surface area (Å²) < 4.78 is 40.4. The van der Waals surface area contributed by atoms with E-state index in [1.54, 1.807) is 24.5 Å². The van der Waals surface area contributed by atoms with Crippen LogP contribution in [0.3, 0.4) is 0 Å². The van der Waals surface area contributed by atoms with Gasteiger partial charge in [-0.05, 0) is 35.7 Å². The van der Waals surface area contributed by atoms with E-state index in [1.165, 1.54) is 18.2 Å². The van der Waals surface area contributed by atoms with Crippen LogP contribution in [0.1, 0.15) is 17.2 Å². The molecule has 2 N–H and O–H groups in total. The first kappa shape index (κ1) is 14.3. The van der Waals surface area contributed by atoms with Crippen LogP contribution in [-0.4, -0.2) is 11.3 Å². The van der Waals surface area contributed by atoms with Gasteiger partial charge in [-0.15, -0.1) is 13.2 Å². The summed E-state index contributed by atoms with van der Waals surface area (Å²) >= 11 is 0. The third-order valence-corrected chi connectivity index (χ3v) is 2.70. The first-order valence-corrected chi connectivity index (χ1v) is 5.94. The Bertz CT molecular complexity index is 558. The van der Waals surface area contributed by atoms with Gasteiger partial charge in [0.2, 0.25) is 0 Å². The van der Waals surface area contributed by atoms with Gasteiger partial charge in [-0.2, -0.15) is 0 Å². The molecule has 1 aromatic heterocycles. The maximum Gasteiger partial charge on any atom is 0.573 e. The fourth-order valence-electron chi connectivity index (χ4n) is 1.83. The van der Waals surface area contributed by atoms with Gasteiger partial charge in [0.15, 0.2) is 0 Å². The second-order valence-corrected chi connectivity index (χ2v) is 4.29. The van der Waals surface area contributed by atoms with Crippen molar-refractivity contribution in [3.8, 4) is 5.75 Å². The van der Waals surface area contributed by atoms with Gasteiger partial charge in [0.1, 0.15) is 5.75 Å². The number of nitrogens with two attached hydrogens (primary N) is 1. The van der Waals surface area contributed by atoms with Crippen LogP contribution < -0.4 is 10.5 Å². The summed E-state index contributed by atoms with van der Waals surface area (Å²) in [7, 11) is 0. The minimum absolute atomic E-state index is 0.267. The first-order chi connectivity index (χ1) is 9.44. The van der Waals surface area contributed by atoms with Crippen molar-refractivity contribution in [3.63, 3.8) is 0 Å². The van der Waals surface area contributed by atoms with Crippen LogP contribution in [0.2, 0.25) is 0 Å². The van der Waals surface area contributed by atoms with Crippen LogP contribution in [0.25, 0.3) is 0 Å². The molecule has 1 heterocycles. The Kier molecular flexibility index (Phi) is 4.24. The number of rotatable bonds is 4. The summed E-state index contributed by atoms with van der Waals surface area (Å²) in [5, 5.41) is 0. The fourth-order valence-corrected chi connectivity index (χ4v) is 1.83. The maximum atomic E-state index is 12.2. The van der Waals surface area contributed by atoms with Crippen molar-refractivity contribution in [2.45, 2.75) is 18.8 Å². The summed E-state index contributed by atoms with van der Waals surface area (Å²) in [6.45, 7) is 0. The minimum atomic E-state index is -4.70. The van der Waals surface area contributed by atoms with Crippen LogP contribution in [0.5, 0.6) is 5.75 Å². The smallest absolute Gasteiger partial charge is 0.406 e. The van der Waals surface area contributed by atoms with E-state index in [2.05, 4.69) is 9.72 Å². The molecule has 0 spiro atoms. The monoisotopic (exact) mass is 282 g/mol. The highest BCUT2D eigenvalue weighted by molar-refractivity contribution is 5.31. The molecule has 0 saturated heterocycles. The molecule has 3 nitrogen and oxygen atoms in total. The number of pyridine rings is 1. The van der Waals surface area contributed by atoms with Crippen molar-refractivity contribution < 1.29 is 17.9 Å². The zero-order valence-electron chi connectivity index (χ0n) is 10.5. The Balaban J connectivity index is 2.10. The van der Waals surface area contributed by atoms with Gasteiger partial charge in [-0.3, -0.25) is 4.98 Å². The van der Waals surface area contributed by atoms with Gasteiger partial charge in [-0.25, -0.2) is 0 Å². The number of benzene rings is 1. The van der Waals surface area contributed by atoms with Crippen LogP contribution in [-0.2, 0) is 6.42 Å². The quantitative estimate of drug-likeness (QED) is 0.936. The van der Waals surface area contributed by atoms with Crippen molar-refractivity contribution in [2.75, 3.05) is 0 Å². The van der Waals surface area contributed by atoms with E-state index in [-0.39, 0.29) is 5.75 Å². The van der Waals surface area contributed by atoms with Gasteiger partial charge >= 0.3 is 6.36 Å². The van der Waals surface area contributed by atoms with Gasteiger partial charge in [0.05, 0.1) is 0 Å². The molecule has 1 aromatic carbocycles. The standard InChI is InChI=1S/C14H13F3N2O/c15-14(16,17)20-12-5-1-4-11(8-12)13(18)7-10-3-2-6-19-9-10/h1-6,8-9,13H,7,18H2. The topological polar surface area (TPSA) is 48.1 Å². The normalized spacial score (nSPS) is 13.0. The van der Waals surface area contributed by atoms with Crippen molar-refractivity contribution >= 4 is 0 Å². The molecule has 1 unspecified atom stereocenters. The van der Waals surface area contributed by atoms with E-state index in [0.29, 0.717) is 12.0 Å². The average Bonchev–Trinajstić information content (AvgIpc) is 2.38. The van der Waals surface area contributed by atoms with Crippen LogP contribution in [0.4, 0.5) is 13.2 Å². The second kappa shape index (κ2) is 5.92. The number of nitrogens with zero attached hydrogens (tertiary/aromatic N) is 1. The van der Waals surface area contributed by atoms with Gasteiger partial charge in [-0.1, -0.05) is 18.2 Å². The Labute approximate surface area is 114 Å². The molecule has 20 heavy (non-hydrogen) atoms. The van der Waals surface area contributed by atoms with E-state index in [4.69, 9.17) is 5.73 Å². The summed E-state index contributed by atoms with van der Waals surface area (Å²) in [5.41, 5.74) is 7.49. The zero-order valence-corrected chi connectivity index (χ0v) is 10.5. The van der Waals surface area contributed by atoms with E-state index in [9.17, 15) is 13.2 Å². The number of ether oxygens (including phenoxy) is 1. The van der Waals surface area contributed by atoms with E-state index in [0.717, 1.165) is 5.56 Å². The third-order valence-electron chi connectivity index (χ3n) is 2.70. The predicted molar refractivity (Wildman–Crippen MR) is 68.0 cm³/mol. The lowest BCUT2D eigenvalue weighted by Gasteiger charge is -2.14. The number of aromatic nitrogens is 1. The van der Waals surface area contributed by atoms with Crippen LogP contribution in [0.15, 0.2) is 48.8 Å². The SMILES string of the molecule is NC(Cc1cccnc1)c1cccc(OC(F)(F)F)c1. The highest BCUT2D eigenvalue weighted by Crippen LogP contribution is 2.25. The molecule has 0 bridgehead atoms. The fraction of sp³-hybridized carbons (Fsp3) is 0.214. The van der Waals surface area contributed by atoms with E-state index in [1.807, 2.05) is 6.07 Å². The van der Waals surface area contributed by atoms with Gasteiger partial charge in [0.25, 0.3) is 0 Å². The molecule has 2 rings (SSSR count). The summed E-state index contributed by atoms with van der Waals surface area (Å²) in [6, 6.07) is 8.93. The average molecular weight is 282 g/mol. The van der Waals surface area contributed by atoms with E-state index >= 15 is 0 Å². The molecule has 2 aromatic rings. The van der Waals surface area contributed by atoms with Crippen molar-refractivity contribution in [1.82, 2.24) is 4.98 Å². The largest absolute Gasteiger partial charge is 0.573 e. The summed E-state index contributed by atoms with van der Waals surface area (Å²) in [4.78, 5) is 3.97. The van der Waals surface area contributed by atoms with Crippen molar-refractivity contribution in [1.29, 1.82) is 0 Å². The predicted octanol–water partition coefficient (Wildman–Crippen LogP) is 3.22. The molecule has 6 heteroatoms. The highest BCUT2D eigenvalue weighted by Gasteiger charge is 2.31. The van der Waals surface area contributed by atoms with Gasteiger partial charge in [0, 0.05) is 18.4 Å². The second-order valence-electron chi connectivity index (χ2n) is 4.29. The molecule has 0 amide bonds. The zero-order chi connectivity index (χ0) is 14.6. The molecule has 0 aliphatic rings. The Morgan fingerprint density at radius 3 is 2.65 bits per heavy atom. The van der Waals surface area contributed by atoms with Crippen molar-refractivity contribution in [3.05, 3.63) is 59.9 Å². The molecule has 0 radical (unpaired) electrons. The van der Waals surface area contributed by atoms with E-state index < -0.39 is 12.4 Å². The number of halogens is 3. The number of alkyl halides is 3. The Hall–Kier alpha value is -2.08. The molecule has 0 saturated carbocycles.